The van der Waals surface area contributed by atoms with E-state index in [1.165, 1.54) is 0 Å². The summed E-state index contributed by atoms with van der Waals surface area (Å²) in [5.74, 6) is 1.93. The van der Waals surface area contributed by atoms with Crippen molar-refractivity contribution in [1.29, 1.82) is 0 Å². The maximum absolute atomic E-state index is 11.7. The lowest BCUT2D eigenvalue weighted by Gasteiger charge is -2.42. The van der Waals surface area contributed by atoms with Crippen molar-refractivity contribution in [1.82, 2.24) is 15.5 Å². The second-order valence-electron chi connectivity index (χ2n) is 6.15. The molecule has 1 saturated carbocycles. The molecule has 0 radical (unpaired) electrons. The standard InChI is InChI=1S/C15H29N3O3S/c1-4-18(9-14(19)20)13-7-12(8-13)17-15(21)16-5-6-22-10-11(2)3/h11-13H,4-10H2,1-3H3,(H,19,20)(H2,16,17,21). The van der Waals surface area contributed by atoms with Gasteiger partial charge in [0.05, 0.1) is 6.54 Å². The Morgan fingerprint density at radius 1 is 1.36 bits per heavy atom. The van der Waals surface area contributed by atoms with E-state index in [-0.39, 0.29) is 24.7 Å². The van der Waals surface area contributed by atoms with Crippen LogP contribution in [0.3, 0.4) is 0 Å². The minimum Gasteiger partial charge on any atom is -0.480 e. The Morgan fingerprint density at radius 3 is 2.59 bits per heavy atom. The lowest BCUT2D eigenvalue weighted by Crippen LogP contribution is -2.56. The van der Waals surface area contributed by atoms with Crippen LogP contribution < -0.4 is 10.6 Å². The molecule has 1 rings (SSSR count). The molecule has 6 nitrogen and oxygen atoms in total. The zero-order chi connectivity index (χ0) is 16.5. The highest BCUT2D eigenvalue weighted by molar-refractivity contribution is 7.99. The number of carbonyl (C=O) groups is 2. The average molecular weight is 331 g/mol. The van der Waals surface area contributed by atoms with Crippen LogP contribution in [0.5, 0.6) is 0 Å². The molecule has 0 atom stereocenters. The van der Waals surface area contributed by atoms with Gasteiger partial charge in [-0.25, -0.2) is 4.79 Å². The lowest BCUT2D eigenvalue weighted by molar-refractivity contribution is -0.139. The first kappa shape index (κ1) is 19.1. The van der Waals surface area contributed by atoms with E-state index in [0.29, 0.717) is 12.5 Å². The molecule has 3 N–H and O–H groups in total. The maximum atomic E-state index is 11.7. The number of likely N-dealkylation sites (N-methyl/N-ethyl adjacent to an activating group) is 1. The van der Waals surface area contributed by atoms with Gasteiger partial charge in [0.25, 0.3) is 0 Å². The summed E-state index contributed by atoms with van der Waals surface area (Å²) in [5, 5.41) is 14.7. The van der Waals surface area contributed by atoms with Crippen LogP contribution >= 0.6 is 11.8 Å². The minimum absolute atomic E-state index is 0.0765. The van der Waals surface area contributed by atoms with Crippen LogP contribution in [0.2, 0.25) is 0 Å². The SMILES string of the molecule is CCN(CC(=O)O)C1CC(NC(=O)NCCSCC(C)C)C1. The highest BCUT2D eigenvalue weighted by Crippen LogP contribution is 2.25. The van der Waals surface area contributed by atoms with Crippen LogP contribution in [0.4, 0.5) is 4.79 Å². The van der Waals surface area contributed by atoms with Crippen molar-refractivity contribution >= 4 is 23.8 Å². The number of rotatable bonds is 10. The first-order valence-electron chi connectivity index (χ1n) is 8.00. The summed E-state index contributed by atoms with van der Waals surface area (Å²) in [6, 6.07) is 0.319. The molecule has 7 heteroatoms. The zero-order valence-corrected chi connectivity index (χ0v) is 14.6. The van der Waals surface area contributed by atoms with Crippen molar-refractivity contribution in [2.45, 2.75) is 45.7 Å². The maximum Gasteiger partial charge on any atom is 0.317 e. The molecular formula is C15H29N3O3S. The number of carbonyl (C=O) groups excluding carboxylic acids is 1. The number of hydrogen-bond donors (Lipinski definition) is 3. The number of urea groups is 1. The van der Waals surface area contributed by atoms with Crippen molar-refractivity contribution in [3.8, 4) is 0 Å². The molecular weight excluding hydrogens is 302 g/mol. The van der Waals surface area contributed by atoms with Gasteiger partial charge >= 0.3 is 12.0 Å². The molecule has 0 unspecified atom stereocenters. The molecule has 1 aliphatic rings. The summed E-state index contributed by atoms with van der Waals surface area (Å²) in [5.41, 5.74) is 0. The highest BCUT2D eigenvalue weighted by Gasteiger charge is 2.34. The van der Waals surface area contributed by atoms with Gasteiger partial charge in [-0.1, -0.05) is 20.8 Å². The van der Waals surface area contributed by atoms with Crippen molar-refractivity contribution in [2.24, 2.45) is 5.92 Å². The number of carboxylic acids is 1. The van der Waals surface area contributed by atoms with Gasteiger partial charge in [0.15, 0.2) is 0 Å². The average Bonchev–Trinajstić information content (AvgIpc) is 2.39. The summed E-state index contributed by atoms with van der Waals surface area (Å²) in [7, 11) is 0. The summed E-state index contributed by atoms with van der Waals surface area (Å²) in [6.45, 7) is 7.81. The van der Waals surface area contributed by atoms with Gasteiger partial charge in [-0.05, 0) is 31.1 Å². The van der Waals surface area contributed by atoms with Crippen molar-refractivity contribution in [3.05, 3.63) is 0 Å². The minimum atomic E-state index is -0.796. The Balaban J connectivity index is 2.09. The van der Waals surface area contributed by atoms with Crippen LogP contribution in [-0.4, -0.2) is 65.2 Å². The van der Waals surface area contributed by atoms with Crippen LogP contribution in [0.25, 0.3) is 0 Å². The third-order valence-electron chi connectivity index (χ3n) is 3.69. The molecule has 22 heavy (non-hydrogen) atoms. The van der Waals surface area contributed by atoms with Crippen molar-refractivity contribution < 1.29 is 14.7 Å². The Hall–Kier alpha value is -0.950. The summed E-state index contributed by atoms with van der Waals surface area (Å²) < 4.78 is 0. The number of nitrogens with one attached hydrogen (secondary N) is 2. The first-order chi connectivity index (χ1) is 10.4. The fraction of sp³-hybridized carbons (Fsp3) is 0.867. The largest absolute Gasteiger partial charge is 0.480 e. The zero-order valence-electron chi connectivity index (χ0n) is 13.8. The van der Waals surface area contributed by atoms with E-state index >= 15 is 0 Å². The van der Waals surface area contributed by atoms with Gasteiger partial charge in [-0.2, -0.15) is 11.8 Å². The molecule has 0 aromatic rings. The molecule has 0 spiro atoms. The molecule has 128 valence electrons. The lowest BCUT2D eigenvalue weighted by atomic mass is 9.85. The van der Waals surface area contributed by atoms with Gasteiger partial charge in [0.1, 0.15) is 0 Å². The normalized spacial score (nSPS) is 20.8. The predicted octanol–water partition coefficient (Wildman–Crippen LogP) is 1.61. The molecule has 0 bridgehead atoms. The summed E-state index contributed by atoms with van der Waals surface area (Å²) >= 11 is 1.85. The number of hydrogen-bond acceptors (Lipinski definition) is 4. The van der Waals surface area contributed by atoms with Gasteiger partial charge in [-0.15, -0.1) is 0 Å². The van der Waals surface area contributed by atoms with Crippen molar-refractivity contribution in [2.75, 3.05) is 31.1 Å². The molecule has 0 aromatic heterocycles. The second-order valence-corrected chi connectivity index (χ2v) is 7.30. The molecule has 2 amide bonds. The van der Waals surface area contributed by atoms with Crippen molar-refractivity contribution in [3.63, 3.8) is 0 Å². The quantitative estimate of drug-likeness (QED) is 0.530. The van der Waals surface area contributed by atoms with E-state index < -0.39 is 5.97 Å². The fourth-order valence-electron chi connectivity index (χ4n) is 2.47. The van der Waals surface area contributed by atoms with Gasteiger partial charge < -0.3 is 15.7 Å². The number of thioether (sulfide) groups is 1. The third kappa shape index (κ3) is 7.35. The Bertz CT molecular complexity index is 360. The predicted molar refractivity (Wildman–Crippen MR) is 90.4 cm³/mol. The smallest absolute Gasteiger partial charge is 0.317 e. The topological polar surface area (TPSA) is 81.7 Å². The number of nitrogens with zero attached hydrogens (tertiary/aromatic N) is 1. The van der Waals surface area contributed by atoms with Gasteiger partial charge in [-0.3, -0.25) is 9.69 Å². The van der Waals surface area contributed by atoms with Crippen LogP contribution in [0.15, 0.2) is 0 Å². The van der Waals surface area contributed by atoms with Crippen LogP contribution in [0, 0.1) is 5.92 Å². The van der Waals surface area contributed by atoms with E-state index in [2.05, 4.69) is 24.5 Å². The van der Waals surface area contributed by atoms with Gasteiger partial charge in [0.2, 0.25) is 0 Å². The summed E-state index contributed by atoms with van der Waals surface area (Å²) in [4.78, 5) is 24.4. The van der Waals surface area contributed by atoms with Crippen LogP contribution in [0.1, 0.15) is 33.6 Å². The Labute approximate surface area is 137 Å². The van der Waals surface area contributed by atoms with E-state index in [1.807, 2.05) is 23.6 Å². The number of amides is 2. The van der Waals surface area contributed by atoms with E-state index in [0.717, 1.165) is 30.9 Å². The second kappa shape index (κ2) is 9.94. The Morgan fingerprint density at radius 2 is 2.05 bits per heavy atom. The third-order valence-corrected chi connectivity index (χ3v) is 5.09. The van der Waals surface area contributed by atoms with Crippen LogP contribution in [-0.2, 0) is 4.79 Å². The Kier molecular flexibility index (Phi) is 8.63. The molecule has 0 saturated heterocycles. The fourth-order valence-corrected chi connectivity index (χ4v) is 3.35. The number of carboxylic acid groups (broad SMARTS) is 1. The van der Waals surface area contributed by atoms with Gasteiger partial charge in [0, 0.05) is 24.4 Å². The molecule has 0 aliphatic heterocycles. The molecule has 0 aromatic carbocycles. The molecule has 1 aliphatic carbocycles. The van der Waals surface area contributed by atoms with E-state index in [1.54, 1.807) is 0 Å². The molecule has 0 heterocycles. The molecule has 1 fully saturated rings. The van der Waals surface area contributed by atoms with E-state index in [9.17, 15) is 9.59 Å². The monoisotopic (exact) mass is 331 g/mol. The summed E-state index contributed by atoms with van der Waals surface area (Å²) in [6.07, 6.45) is 1.66. The number of aliphatic carboxylic acids is 1. The first-order valence-corrected chi connectivity index (χ1v) is 9.15. The van der Waals surface area contributed by atoms with E-state index in [4.69, 9.17) is 5.11 Å². The highest BCUT2D eigenvalue weighted by atomic mass is 32.2.